The van der Waals surface area contributed by atoms with Crippen LogP contribution >= 0.6 is 0 Å². The minimum absolute atomic E-state index is 0.280. The molecular weight excluding hydrogens is 438 g/mol. The van der Waals surface area contributed by atoms with Crippen LogP contribution in [0.1, 0.15) is 39.5 Å². The van der Waals surface area contributed by atoms with E-state index >= 15 is 0 Å². The van der Waals surface area contributed by atoms with Gasteiger partial charge in [0.05, 0.1) is 18.8 Å². The molecule has 2 fully saturated rings. The lowest BCUT2D eigenvalue weighted by atomic mass is 10.1. The molecule has 0 saturated carbocycles. The third kappa shape index (κ3) is 6.39. The quantitative estimate of drug-likeness (QED) is 0.199. The number of amides is 4. The molecule has 2 rings (SSSR count). The number of carbonyl (C=O) groups is 5. The number of carbonyl (C=O) groups excluding carboxylic acids is 4. The molecule has 33 heavy (non-hydrogen) atoms. The van der Waals surface area contributed by atoms with Gasteiger partial charge < -0.3 is 41.5 Å². The lowest BCUT2D eigenvalue weighted by Gasteiger charge is -2.31. The highest BCUT2D eigenvalue weighted by molar-refractivity contribution is 5.95. The molecule has 0 aromatic heterocycles. The Kier molecular flexibility index (Phi) is 9.14. The number of hydrogen-bond acceptors (Lipinski definition) is 8. The maximum Gasteiger partial charge on any atom is 0.328 e. The van der Waals surface area contributed by atoms with Crippen molar-refractivity contribution >= 4 is 29.6 Å². The Balaban J connectivity index is 2.02. The molecule has 7 N–H and O–H groups in total. The first kappa shape index (κ1) is 26.5. The average Bonchev–Trinajstić information content (AvgIpc) is 3.43. The van der Waals surface area contributed by atoms with E-state index in [2.05, 4.69) is 10.6 Å². The molecule has 0 aliphatic carbocycles. The second kappa shape index (κ2) is 11.4. The van der Waals surface area contributed by atoms with Gasteiger partial charge in [-0.2, -0.15) is 0 Å². The molecule has 0 aromatic carbocycles. The summed E-state index contributed by atoms with van der Waals surface area (Å²) in [6.45, 7) is 2.79. The van der Waals surface area contributed by atoms with E-state index in [-0.39, 0.29) is 13.1 Å². The fraction of sp³-hybridized carbons (Fsp3) is 0.750. The molecule has 0 unspecified atom stereocenters. The summed E-state index contributed by atoms with van der Waals surface area (Å²) >= 11 is 0. The van der Waals surface area contributed by atoms with E-state index in [0.29, 0.717) is 32.2 Å². The number of nitrogens with one attached hydrogen (secondary N) is 2. The van der Waals surface area contributed by atoms with Crippen molar-refractivity contribution in [1.29, 1.82) is 0 Å². The summed E-state index contributed by atoms with van der Waals surface area (Å²) in [4.78, 5) is 64.4. The normalized spacial score (nSPS) is 24.0. The topological polar surface area (TPSA) is 203 Å². The Morgan fingerprint density at radius 1 is 0.970 bits per heavy atom. The van der Waals surface area contributed by atoms with Crippen LogP contribution in [0.4, 0.5) is 0 Å². The number of aliphatic hydroxyl groups is 2. The number of nitrogens with two attached hydrogens (primary N) is 1. The molecule has 186 valence electrons. The Bertz CT molecular complexity index is 774. The minimum atomic E-state index is -1.50. The third-order valence-electron chi connectivity index (χ3n) is 5.98. The average molecular weight is 472 g/mol. The highest BCUT2D eigenvalue weighted by atomic mass is 16.4. The smallest absolute Gasteiger partial charge is 0.328 e. The summed E-state index contributed by atoms with van der Waals surface area (Å²) in [6.07, 6.45) is -0.591. The maximum atomic E-state index is 13.2. The molecule has 2 heterocycles. The Labute approximate surface area is 191 Å². The summed E-state index contributed by atoms with van der Waals surface area (Å²) in [5.74, 6) is -3.67. The third-order valence-corrected chi connectivity index (χ3v) is 5.98. The van der Waals surface area contributed by atoms with E-state index in [0.717, 1.165) is 0 Å². The van der Waals surface area contributed by atoms with Crippen molar-refractivity contribution in [3.05, 3.63) is 0 Å². The molecule has 13 nitrogen and oxygen atoms in total. The van der Waals surface area contributed by atoms with Crippen molar-refractivity contribution in [2.24, 2.45) is 5.73 Å². The fourth-order valence-corrected chi connectivity index (χ4v) is 4.06. The second-order valence-electron chi connectivity index (χ2n) is 8.48. The maximum absolute atomic E-state index is 13.2. The van der Waals surface area contributed by atoms with E-state index in [9.17, 15) is 39.3 Å². The van der Waals surface area contributed by atoms with Crippen LogP contribution in [-0.2, 0) is 24.0 Å². The van der Waals surface area contributed by atoms with Gasteiger partial charge >= 0.3 is 5.97 Å². The van der Waals surface area contributed by atoms with Gasteiger partial charge in [-0.05, 0) is 39.5 Å². The van der Waals surface area contributed by atoms with Gasteiger partial charge in [-0.25, -0.2) is 4.79 Å². The van der Waals surface area contributed by atoms with Crippen molar-refractivity contribution in [1.82, 2.24) is 20.4 Å². The molecule has 2 aliphatic heterocycles. The van der Waals surface area contributed by atoms with E-state index in [1.807, 2.05) is 0 Å². The number of carboxylic acids is 1. The first-order valence-corrected chi connectivity index (χ1v) is 11.0. The van der Waals surface area contributed by atoms with Gasteiger partial charge in [0, 0.05) is 13.1 Å². The predicted molar refractivity (Wildman–Crippen MR) is 113 cm³/mol. The molecule has 4 amide bonds. The van der Waals surface area contributed by atoms with Gasteiger partial charge in [-0.15, -0.1) is 0 Å². The second-order valence-corrected chi connectivity index (χ2v) is 8.48. The molecule has 13 heteroatoms. The molecular formula is C20H33N5O8. The van der Waals surface area contributed by atoms with Crippen molar-refractivity contribution in [3.63, 3.8) is 0 Å². The fourth-order valence-electron chi connectivity index (χ4n) is 4.06. The number of carboxylic acid groups (broad SMARTS) is 1. The number of aliphatic carboxylic acids is 1. The van der Waals surface area contributed by atoms with Gasteiger partial charge in [0.1, 0.15) is 18.1 Å². The highest BCUT2D eigenvalue weighted by Gasteiger charge is 2.43. The van der Waals surface area contributed by atoms with Crippen LogP contribution < -0.4 is 16.4 Å². The molecule has 0 aromatic rings. The van der Waals surface area contributed by atoms with Gasteiger partial charge in [0.15, 0.2) is 6.04 Å². The van der Waals surface area contributed by atoms with Gasteiger partial charge in [-0.1, -0.05) is 0 Å². The Morgan fingerprint density at radius 2 is 1.55 bits per heavy atom. The number of nitrogens with zero attached hydrogens (tertiary/aromatic N) is 2. The summed E-state index contributed by atoms with van der Waals surface area (Å²) in [5, 5.41) is 32.8. The van der Waals surface area contributed by atoms with Crippen molar-refractivity contribution in [2.75, 3.05) is 19.6 Å². The molecule has 0 radical (unpaired) electrons. The SMILES string of the molecule is C[C@@H](O)[C@H](N)C(=O)NCC(=O)N1CCC[C@H]1C(=O)N1CCC[C@H]1C(=O)N[C@H](C(=O)O)[C@@H](C)O. The number of hydrogen-bond donors (Lipinski definition) is 6. The summed E-state index contributed by atoms with van der Waals surface area (Å²) < 4.78 is 0. The van der Waals surface area contributed by atoms with Crippen molar-refractivity contribution in [2.45, 2.75) is 75.9 Å². The van der Waals surface area contributed by atoms with Gasteiger partial charge in [-0.3, -0.25) is 19.2 Å². The lowest BCUT2D eigenvalue weighted by molar-refractivity contribution is -0.148. The monoisotopic (exact) mass is 471 g/mol. The molecule has 0 bridgehead atoms. The lowest BCUT2D eigenvalue weighted by Crippen LogP contribution is -2.57. The van der Waals surface area contributed by atoms with Crippen LogP contribution in [0.15, 0.2) is 0 Å². The van der Waals surface area contributed by atoms with Crippen molar-refractivity contribution in [3.8, 4) is 0 Å². The predicted octanol–water partition coefficient (Wildman–Crippen LogP) is -3.26. The van der Waals surface area contributed by atoms with Crippen LogP contribution in [0, 0.1) is 0 Å². The van der Waals surface area contributed by atoms with E-state index < -0.39 is 66.0 Å². The summed E-state index contributed by atoms with van der Waals surface area (Å²) in [7, 11) is 0. The van der Waals surface area contributed by atoms with Gasteiger partial charge in [0.25, 0.3) is 0 Å². The highest BCUT2D eigenvalue weighted by Crippen LogP contribution is 2.25. The standard InChI is InChI=1S/C20H33N5O8/c1-10(26)15(21)18(30)22-9-14(28)24-7-4-6-13(24)19(31)25-8-3-5-12(25)17(29)23-16(11(2)27)20(32)33/h10-13,15-16,26-27H,3-9,21H2,1-2H3,(H,22,30)(H,23,29)(H,32,33)/t10-,11-,12+,13+,15+,16+/m1/s1. The summed E-state index contributed by atoms with van der Waals surface area (Å²) in [6, 6.07) is -4.40. The molecule has 0 spiro atoms. The Morgan fingerprint density at radius 3 is 2.09 bits per heavy atom. The largest absolute Gasteiger partial charge is 0.480 e. The van der Waals surface area contributed by atoms with Crippen LogP contribution in [-0.4, -0.2) is 111 Å². The minimum Gasteiger partial charge on any atom is -0.480 e. The van der Waals surface area contributed by atoms with E-state index in [4.69, 9.17) is 5.73 Å². The van der Waals surface area contributed by atoms with Crippen molar-refractivity contribution < 1.29 is 39.3 Å². The number of likely N-dealkylation sites (tertiary alicyclic amines) is 2. The van der Waals surface area contributed by atoms with Crippen LogP contribution in [0.5, 0.6) is 0 Å². The van der Waals surface area contributed by atoms with E-state index in [1.165, 1.54) is 23.6 Å². The first-order valence-electron chi connectivity index (χ1n) is 11.0. The van der Waals surface area contributed by atoms with Crippen LogP contribution in [0.2, 0.25) is 0 Å². The number of rotatable bonds is 9. The van der Waals surface area contributed by atoms with Gasteiger partial charge in [0.2, 0.25) is 23.6 Å². The zero-order valence-corrected chi connectivity index (χ0v) is 18.8. The zero-order valence-electron chi connectivity index (χ0n) is 18.8. The van der Waals surface area contributed by atoms with Crippen LogP contribution in [0.25, 0.3) is 0 Å². The molecule has 2 saturated heterocycles. The summed E-state index contributed by atoms with van der Waals surface area (Å²) in [5.41, 5.74) is 5.54. The molecule has 6 atom stereocenters. The Hall–Kier alpha value is -2.77. The molecule has 2 aliphatic rings. The first-order chi connectivity index (χ1) is 15.5. The van der Waals surface area contributed by atoms with Crippen LogP contribution in [0.3, 0.4) is 0 Å². The van der Waals surface area contributed by atoms with E-state index in [1.54, 1.807) is 0 Å². The number of aliphatic hydroxyl groups excluding tert-OH is 2. The zero-order chi connectivity index (χ0) is 24.9.